The lowest BCUT2D eigenvalue weighted by Crippen LogP contribution is -2.58. The van der Waals surface area contributed by atoms with Crippen LogP contribution in [0.5, 0.6) is 0 Å². The standard InChI is InChI=1S/C31H39N5O5S/c1-31(2,3)41-30(38)33-17-18-35(26(20-33)19-23-11-7-5-8-12-23)29(37)27-28(24-13-9-6-10-14-24)36(22-32-27)25-15-16-34(21-25)42(4,39)40/h5-14,22,25-26H,15-21H2,1-4H3/t25-,26+/m0/s1. The second-order valence-corrected chi connectivity index (χ2v) is 14.0. The maximum Gasteiger partial charge on any atom is 0.410 e. The zero-order valence-electron chi connectivity index (χ0n) is 24.6. The Morgan fingerprint density at radius 2 is 1.62 bits per heavy atom. The first-order valence-electron chi connectivity index (χ1n) is 14.3. The van der Waals surface area contributed by atoms with E-state index in [9.17, 15) is 18.0 Å². The average molecular weight is 594 g/mol. The average Bonchev–Trinajstić information content (AvgIpc) is 3.61. The molecular weight excluding hydrogens is 554 g/mol. The van der Waals surface area contributed by atoms with Gasteiger partial charge in [-0.2, -0.15) is 0 Å². The number of ether oxygens (including phenoxy) is 1. The smallest absolute Gasteiger partial charge is 0.410 e. The molecule has 2 atom stereocenters. The zero-order valence-corrected chi connectivity index (χ0v) is 25.5. The van der Waals surface area contributed by atoms with Crippen molar-refractivity contribution in [2.45, 2.75) is 51.3 Å². The summed E-state index contributed by atoms with van der Waals surface area (Å²) in [6.07, 6.45) is 3.69. The molecule has 3 heterocycles. The lowest BCUT2D eigenvalue weighted by molar-refractivity contribution is 0.00429. The number of imidazole rings is 1. The monoisotopic (exact) mass is 593 g/mol. The molecule has 2 aromatic carbocycles. The Bertz CT molecular complexity index is 1520. The number of piperazine rings is 1. The van der Waals surface area contributed by atoms with Crippen molar-refractivity contribution in [3.63, 3.8) is 0 Å². The fraction of sp³-hybridized carbons (Fsp3) is 0.452. The summed E-state index contributed by atoms with van der Waals surface area (Å²) >= 11 is 0. The summed E-state index contributed by atoms with van der Waals surface area (Å²) in [5.41, 5.74) is 2.27. The van der Waals surface area contributed by atoms with Crippen LogP contribution in [0.4, 0.5) is 4.79 Å². The molecule has 11 heteroatoms. The lowest BCUT2D eigenvalue weighted by atomic mass is 10.0. The van der Waals surface area contributed by atoms with Gasteiger partial charge in [0.15, 0.2) is 5.69 Å². The van der Waals surface area contributed by atoms with E-state index in [4.69, 9.17) is 4.74 Å². The van der Waals surface area contributed by atoms with E-state index >= 15 is 0 Å². The number of carbonyl (C=O) groups excluding carboxylic acids is 2. The summed E-state index contributed by atoms with van der Waals surface area (Å²) in [4.78, 5) is 35.5. The van der Waals surface area contributed by atoms with Crippen molar-refractivity contribution in [1.82, 2.24) is 23.7 Å². The number of amides is 2. The molecule has 2 fully saturated rings. The van der Waals surface area contributed by atoms with Gasteiger partial charge < -0.3 is 19.1 Å². The minimum atomic E-state index is -3.33. The van der Waals surface area contributed by atoms with Crippen molar-refractivity contribution in [2.24, 2.45) is 0 Å². The summed E-state index contributed by atoms with van der Waals surface area (Å²) in [5.74, 6) is -0.213. The number of rotatable bonds is 6. The van der Waals surface area contributed by atoms with Crippen molar-refractivity contribution < 1.29 is 22.7 Å². The largest absolute Gasteiger partial charge is 0.444 e. The van der Waals surface area contributed by atoms with E-state index in [0.29, 0.717) is 57.0 Å². The van der Waals surface area contributed by atoms with E-state index in [1.807, 2.05) is 90.9 Å². The van der Waals surface area contributed by atoms with Gasteiger partial charge in [-0.25, -0.2) is 22.5 Å². The summed E-state index contributed by atoms with van der Waals surface area (Å²) in [6.45, 7) is 7.29. The molecule has 2 saturated heterocycles. The molecule has 42 heavy (non-hydrogen) atoms. The van der Waals surface area contributed by atoms with Gasteiger partial charge in [0, 0.05) is 38.3 Å². The van der Waals surface area contributed by atoms with Gasteiger partial charge in [-0.3, -0.25) is 4.79 Å². The molecular formula is C31H39N5O5S. The van der Waals surface area contributed by atoms with Crippen LogP contribution >= 0.6 is 0 Å². The molecule has 5 rings (SSSR count). The fourth-order valence-corrected chi connectivity index (χ4v) is 6.61. The van der Waals surface area contributed by atoms with E-state index in [-0.39, 0.29) is 18.0 Å². The Kier molecular flexibility index (Phi) is 8.43. The van der Waals surface area contributed by atoms with Crippen molar-refractivity contribution in [1.29, 1.82) is 0 Å². The molecule has 0 N–H and O–H groups in total. The third-order valence-electron chi connectivity index (χ3n) is 7.74. The zero-order chi connectivity index (χ0) is 30.1. The third kappa shape index (κ3) is 6.68. The van der Waals surface area contributed by atoms with Crippen LogP contribution in [0.25, 0.3) is 11.3 Å². The molecule has 1 aromatic heterocycles. The number of nitrogens with zero attached hydrogens (tertiary/aromatic N) is 5. The van der Waals surface area contributed by atoms with Gasteiger partial charge in [0.1, 0.15) is 5.60 Å². The highest BCUT2D eigenvalue weighted by atomic mass is 32.2. The Morgan fingerprint density at radius 1 is 0.952 bits per heavy atom. The van der Waals surface area contributed by atoms with Gasteiger partial charge in [0.05, 0.1) is 30.4 Å². The molecule has 0 aliphatic carbocycles. The second kappa shape index (κ2) is 11.9. The van der Waals surface area contributed by atoms with Crippen molar-refractivity contribution in [2.75, 3.05) is 39.0 Å². The fourth-order valence-electron chi connectivity index (χ4n) is 5.73. The summed E-state index contributed by atoms with van der Waals surface area (Å²) in [5, 5.41) is 0. The van der Waals surface area contributed by atoms with Crippen molar-refractivity contribution >= 4 is 22.0 Å². The Morgan fingerprint density at radius 3 is 2.24 bits per heavy atom. The molecule has 0 unspecified atom stereocenters. The van der Waals surface area contributed by atoms with Gasteiger partial charge in [-0.15, -0.1) is 0 Å². The predicted molar refractivity (Wildman–Crippen MR) is 161 cm³/mol. The first-order chi connectivity index (χ1) is 19.9. The molecule has 10 nitrogen and oxygen atoms in total. The molecule has 0 bridgehead atoms. The molecule has 0 spiro atoms. The highest BCUT2D eigenvalue weighted by molar-refractivity contribution is 7.88. The maximum atomic E-state index is 14.4. The summed E-state index contributed by atoms with van der Waals surface area (Å²) in [7, 11) is -3.33. The Labute approximate surface area is 247 Å². The van der Waals surface area contributed by atoms with E-state index in [2.05, 4.69) is 4.98 Å². The number of aromatic nitrogens is 2. The van der Waals surface area contributed by atoms with Crippen molar-refractivity contribution in [3.8, 4) is 11.3 Å². The van der Waals surface area contributed by atoms with Crippen LogP contribution in [0.3, 0.4) is 0 Å². The second-order valence-electron chi connectivity index (χ2n) is 12.0. The number of hydrogen-bond donors (Lipinski definition) is 0. The first kappa shape index (κ1) is 29.8. The van der Waals surface area contributed by atoms with Gasteiger partial charge in [0.25, 0.3) is 5.91 Å². The quantitative estimate of drug-likeness (QED) is 0.427. The number of sulfonamides is 1. The number of carbonyl (C=O) groups is 2. The first-order valence-corrected chi connectivity index (χ1v) is 16.2. The minimum Gasteiger partial charge on any atom is -0.444 e. The molecule has 2 aliphatic rings. The number of benzene rings is 2. The van der Waals surface area contributed by atoms with E-state index in [1.54, 1.807) is 11.2 Å². The van der Waals surface area contributed by atoms with E-state index < -0.39 is 21.7 Å². The molecule has 3 aromatic rings. The predicted octanol–water partition coefficient (Wildman–Crippen LogP) is 4.06. The highest BCUT2D eigenvalue weighted by Crippen LogP contribution is 2.33. The van der Waals surface area contributed by atoms with Crippen LogP contribution in [-0.2, 0) is 21.2 Å². The van der Waals surface area contributed by atoms with Crippen LogP contribution in [0, 0.1) is 0 Å². The van der Waals surface area contributed by atoms with Crippen LogP contribution in [0.15, 0.2) is 67.0 Å². The molecule has 0 saturated carbocycles. The minimum absolute atomic E-state index is 0.145. The lowest BCUT2D eigenvalue weighted by Gasteiger charge is -2.41. The SMILES string of the molecule is CC(C)(C)OC(=O)N1CCN(C(=O)c2ncn([C@H]3CCN(S(C)(=O)=O)C3)c2-c2ccccc2)[C@H](Cc2ccccc2)C1. The van der Waals surface area contributed by atoms with Gasteiger partial charge in [0.2, 0.25) is 10.0 Å². The Balaban J connectivity index is 1.48. The van der Waals surface area contributed by atoms with E-state index in [0.717, 1.165) is 11.1 Å². The Hall–Kier alpha value is -3.70. The van der Waals surface area contributed by atoms with Crippen LogP contribution in [0.2, 0.25) is 0 Å². The van der Waals surface area contributed by atoms with Gasteiger partial charge >= 0.3 is 6.09 Å². The van der Waals surface area contributed by atoms with Crippen LogP contribution in [0.1, 0.15) is 49.3 Å². The summed E-state index contributed by atoms with van der Waals surface area (Å²) in [6, 6.07) is 19.1. The van der Waals surface area contributed by atoms with Crippen LogP contribution in [-0.4, -0.2) is 94.7 Å². The number of hydrogen-bond acceptors (Lipinski definition) is 6. The topological polar surface area (TPSA) is 105 Å². The van der Waals surface area contributed by atoms with Crippen molar-refractivity contribution in [3.05, 3.63) is 78.2 Å². The van der Waals surface area contributed by atoms with Gasteiger partial charge in [-0.1, -0.05) is 60.7 Å². The van der Waals surface area contributed by atoms with Gasteiger partial charge in [-0.05, 0) is 39.2 Å². The van der Waals surface area contributed by atoms with E-state index in [1.165, 1.54) is 10.6 Å². The highest BCUT2D eigenvalue weighted by Gasteiger charge is 2.38. The molecule has 2 aliphatic heterocycles. The normalized spacial score (nSPS) is 20.1. The third-order valence-corrected chi connectivity index (χ3v) is 9.01. The maximum absolute atomic E-state index is 14.4. The molecule has 0 radical (unpaired) electrons. The van der Waals surface area contributed by atoms with Crippen LogP contribution < -0.4 is 0 Å². The molecule has 224 valence electrons. The summed E-state index contributed by atoms with van der Waals surface area (Å²) < 4.78 is 33.5. The molecule has 2 amide bonds.